The molecule has 1 N–H and O–H groups in total. The normalized spacial score (nSPS) is 10.9. The van der Waals surface area contributed by atoms with Gasteiger partial charge in [-0.25, -0.2) is 9.78 Å². The third-order valence-corrected chi connectivity index (χ3v) is 6.06. The fourth-order valence-electron chi connectivity index (χ4n) is 3.65. The minimum Gasteiger partial charge on any atom is -0.489 e. The first-order valence-electron chi connectivity index (χ1n) is 11.4. The van der Waals surface area contributed by atoms with Crippen LogP contribution in [0, 0.1) is 0 Å². The van der Waals surface area contributed by atoms with Crippen LogP contribution in [0.25, 0.3) is 11.4 Å². The Balaban J connectivity index is 1.49. The summed E-state index contributed by atoms with van der Waals surface area (Å²) in [6.07, 6.45) is 3.78. The van der Waals surface area contributed by atoms with Crippen LogP contribution in [0.1, 0.15) is 47.1 Å². The predicted molar refractivity (Wildman–Crippen MR) is 133 cm³/mol. The third kappa shape index (κ3) is 5.60. The molecule has 10 nitrogen and oxygen atoms in total. The van der Waals surface area contributed by atoms with E-state index in [1.54, 1.807) is 0 Å². The van der Waals surface area contributed by atoms with Gasteiger partial charge in [-0.15, -0.1) is 10.2 Å². The van der Waals surface area contributed by atoms with E-state index in [9.17, 15) is 9.59 Å². The smallest absolute Gasteiger partial charge is 0.345 e. The van der Waals surface area contributed by atoms with Gasteiger partial charge in [0.1, 0.15) is 23.7 Å². The van der Waals surface area contributed by atoms with Gasteiger partial charge in [-0.05, 0) is 35.4 Å². The van der Waals surface area contributed by atoms with Crippen molar-refractivity contribution in [1.29, 1.82) is 0 Å². The lowest BCUT2D eigenvalue weighted by Gasteiger charge is -2.14. The van der Waals surface area contributed by atoms with Crippen molar-refractivity contribution in [2.45, 2.75) is 39.3 Å². The number of ether oxygens (including phenoxy) is 2. The number of tetrazole rings is 1. The van der Waals surface area contributed by atoms with Gasteiger partial charge < -0.3 is 9.47 Å². The van der Waals surface area contributed by atoms with E-state index in [1.165, 1.54) is 17.9 Å². The number of methoxy groups -OCH3 is 1. The number of benzene rings is 2. The van der Waals surface area contributed by atoms with Crippen molar-refractivity contribution < 1.29 is 14.3 Å². The zero-order valence-electron chi connectivity index (χ0n) is 19.9. The van der Waals surface area contributed by atoms with Gasteiger partial charge >= 0.3 is 5.97 Å². The number of carbonyl (C=O) groups is 1. The topological polar surface area (TPSA) is 125 Å². The molecule has 0 atom stereocenters. The quantitative estimate of drug-likeness (QED) is 0.320. The Bertz CT molecular complexity index is 1390. The molecular weight excluding hydrogens is 484 g/mol. The molecule has 2 aromatic carbocycles. The minimum absolute atomic E-state index is 0.0855. The Morgan fingerprint density at radius 2 is 1.97 bits per heavy atom. The van der Waals surface area contributed by atoms with E-state index in [-0.39, 0.29) is 18.7 Å². The highest BCUT2D eigenvalue weighted by Crippen LogP contribution is 2.29. The van der Waals surface area contributed by atoms with Crippen LogP contribution in [0.5, 0.6) is 5.75 Å². The molecular formula is C25H25ClN6O4. The number of nitrogens with one attached hydrogen (secondary N) is 1. The number of unbranched alkanes of at least 4 members (excludes halogenated alkanes) is 1. The van der Waals surface area contributed by atoms with E-state index in [4.69, 9.17) is 21.1 Å². The zero-order chi connectivity index (χ0) is 25.5. The second-order valence-corrected chi connectivity index (χ2v) is 8.40. The van der Waals surface area contributed by atoms with E-state index in [0.29, 0.717) is 34.4 Å². The second kappa shape index (κ2) is 11.6. The summed E-state index contributed by atoms with van der Waals surface area (Å²) in [7, 11) is 1.24. The molecule has 2 heterocycles. The first-order chi connectivity index (χ1) is 17.5. The van der Waals surface area contributed by atoms with Crippen molar-refractivity contribution in [2.24, 2.45) is 0 Å². The Morgan fingerprint density at radius 3 is 2.67 bits per heavy atom. The van der Waals surface area contributed by atoms with Gasteiger partial charge in [0.05, 0.1) is 18.7 Å². The molecule has 0 aliphatic heterocycles. The van der Waals surface area contributed by atoms with Crippen LogP contribution < -0.4 is 10.3 Å². The van der Waals surface area contributed by atoms with E-state index in [0.717, 1.165) is 24.0 Å². The molecule has 0 aliphatic carbocycles. The highest BCUT2D eigenvalue weighted by molar-refractivity contribution is 6.34. The van der Waals surface area contributed by atoms with E-state index in [2.05, 4.69) is 32.5 Å². The number of halogens is 1. The molecule has 0 radical (unpaired) electrons. The monoisotopic (exact) mass is 508 g/mol. The van der Waals surface area contributed by atoms with Gasteiger partial charge in [-0.1, -0.05) is 49.2 Å². The molecule has 0 spiro atoms. The summed E-state index contributed by atoms with van der Waals surface area (Å²) in [6.45, 7) is 2.59. The Labute approximate surface area is 212 Å². The molecule has 0 aliphatic rings. The van der Waals surface area contributed by atoms with Crippen LogP contribution in [-0.4, -0.2) is 43.3 Å². The molecule has 0 fully saturated rings. The first-order valence-corrected chi connectivity index (χ1v) is 11.8. The number of hydrogen-bond acceptors (Lipinski definition) is 8. The molecule has 4 aromatic rings. The molecule has 0 saturated carbocycles. The summed E-state index contributed by atoms with van der Waals surface area (Å²) >= 11 is 6.52. The molecule has 0 amide bonds. The Morgan fingerprint density at radius 1 is 1.17 bits per heavy atom. The minimum atomic E-state index is -0.700. The summed E-state index contributed by atoms with van der Waals surface area (Å²) in [5.41, 5.74) is 1.80. The fourth-order valence-corrected chi connectivity index (χ4v) is 3.91. The molecule has 36 heavy (non-hydrogen) atoms. The van der Waals surface area contributed by atoms with Gasteiger partial charge in [0, 0.05) is 23.7 Å². The van der Waals surface area contributed by atoms with E-state index in [1.807, 2.05) is 42.5 Å². The maximum Gasteiger partial charge on any atom is 0.345 e. The van der Waals surface area contributed by atoms with Crippen LogP contribution in [0.4, 0.5) is 0 Å². The number of esters is 1. The van der Waals surface area contributed by atoms with Gasteiger partial charge in [0.25, 0.3) is 5.56 Å². The van der Waals surface area contributed by atoms with Crippen molar-refractivity contribution in [3.63, 3.8) is 0 Å². The average Bonchev–Trinajstić information content (AvgIpc) is 3.43. The second-order valence-electron chi connectivity index (χ2n) is 8.02. The number of aryl methyl sites for hydroxylation is 1. The lowest BCUT2D eigenvalue weighted by atomic mass is 10.1. The molecule has 4 rings (SSSR count). The van der Waals surface area contributed by atoms with Gasteiger partial charge in [0.2, 0.25) is 5.82 Å². The van der Waals surface area contributed by atoms with Gasteiger partial charge in [0.15, 0.2) is 0 Å². The SMILES string of the molecule is CCCCc1ncc(C(=O)OC)c(=O)n1Cc1ccc(OCc2cccc(-c3nn[nH]n3)c2Cl)cc1. The van der Waals surface area contributed by atoms with Crippen molar-refractivity contribution in [3.05, 3.63) is 86.6 Å². The number of rotatable bonds is 10. The molecule has 0 unspecified atom stereocenters. The summed E-state index contributed by atoms with van der Waals surface area (Å²) in [5, 5.41) is 14.4. The number of H-pyrrole nitrogens is 1. The molecule has 11 heteroatoms. The van der Waals surface area contributed by atoms with Gasteiger partial charge in [-0.3, -0.25) is 9.36 Å². The summed E-state index contributed by atoms with van der Waals surface area (Å²) in [5.74, 6) is 0.977. The largest absolute Gasteiger partial charge is 0.489 e. The first kappa shape index (κ1) is 25.1. The summed E-state index contributed by atoms with van der Waals surface area (Å²) in [4.78, 5) is 29.4. The maximum absolute atomic E-state index is 13.0. The van der Waals surface area contributed by atoms with Crippen LogP contribution in [-0.2, 0) is 24.3 Å². The highest BCUT2D eigenvalue weighted by Gasteiger charge is 2.17. The number of aromatic nitrogens is 6. The third-order valence-electron chi connectivity index (χ3n) is 5.61. The standard InChI is InChI=1S/C25H25ClN6O4/c1-3-4-8-21-27-13-20(25(34)35-2)24(33)32(21)14-16-9-11-18(12-10-16)36-15-17-6-5-7-19(22(17)26)23-28-30-31-29-23/h5-7,9-13H,3-4,8,14-15H2,1-2H3,(H,28,29,30,31). The number of hydrogen-bond donors (Lipinski definition) is 1. The molecule has 0 bridgehead atoms. The Hall–Kier alpha value is -4.05. The van der Waals surface area contributed by atoms with Crippen molar-refractivity contribution in [3.8, 4) is 17.1 Å². The van der Waals surface area contributed by atoms with Crippen LogP contribution in [0.3, 0.4) is 0 Å². The van der Waals surface area contributed by atoms with E-state index < -0.39 is 11.5 Å². The van der Waals surface area contributed by atoms with Crippen LogP contribution in [0.15, 0.2) is 53.5 Å². The fraction of sp³-hybridized carbons (Fsp3) is 0.280. The Kier molecular flexibility index (Phi) is 8.06. The van der Waals surface area contributed by atoms with Gasteiger partial charge in [-0.2, -0.15) is 5.21 Å². The molecule has 186 valence electrons. The molecule has 2 aromatic heterocycles. The lowest BCUT2D eigenvalue weighted by molar-refractivity contribution is 0.0597. The van der Waals surface area contributed by atoms with Crippen molar-refractivity contribution in [1.82, 2.24) is 30.2 Å². The predicted octanol–water partition coefficient (Wildman–Crippen LogP) is 3.83. The van der Waals surface area contributed by atoms with Crippen LogP contribution >= 0.6 is 11.6 Å². The number of carbonyl (C=O) groups excluding carboxylic acids is 1. The van der Waals surface area contributed by atoms with E-state index >= 15 is 0 Å². The maximum atomic E-state index is 13.0. The lowest BCUT2D eigenvalue weighted by Crippen LogP contribution is -2.31. The molecule has 0 saturated heterocycles. The summed E-state index contributed by atoms with van der Waals surface area (Å²) < 4.78 is 12.2. The average molecular weight is 509 g/mol. The summed E-state index contributed by atoms with van der Waals surface area (Å²) in [6, 6.07) is 12.9. The number of aromatic amines is 1. The number of nitrogens with zero attached hydrogens (tertiary/aromatic N) is 5. The zero-order valence-corrected chi connectivity index (χ0v) is 20.7. The van der Waals surface area contributed by atoms with Crippen LogP contribution in [0.2, 0.25) is 5.02 Å². The van der Waals surface area contributed by atoms with Crippen molar-refractivity contribution >= 4 is 17.6 Å². The van der Waals surface area contributed by atoms with Crippen molar-refractivity contribution in [2.75, 3.05) is 7.11 Å². The highest BCUT2D eigenvalue weighted by atomic mass is 35.5.